The first-order valence-electron chi connectivity index (χ1n) is 7.48. The second-order valence-corrected chi connectivity index (χ2v) is 5.81. The largest absolute Gasteiger partial charge is 0.490 e. The van der Waals surface area contributed by atoms with Crippen LogP contribution in [0.5, 0.6) is 11.5 Å². The molecule has 0 unspecified atom stereocenters. The maximum absolute atomic E-state index is 12.1. The van der Waals surface area contributed by atoms with Crippen molar-refractivity contribution in [3.05, 3.63) is 35.1 Å². The summed E-state index contributed by atoms with van der Waals surface area (Å²) in [5.74, 6) is 1.11. The number of rotatable bonds is 4. The second-order valence-electron chi connectivity index (χ2n) is 5.40. The van der Waals surface area contributed by atoms with E-state index in [1.807, 2.05) is 13.2 Å². The van der Waals surface area contributed by atoms with Crippen LogP contribution in [0.15, 0.2) is 24.5 Å². The van der Waals surface area contributed by atoms with Crippen molar-refractivity contribution >= 4 is 23.2 Å². The van der Waals surface area contributed by atoms with Gasteiger partial charge in [-0.15, -0.1) is 0 Å². The van der Waals surface area contributed by atoms with E-state index in [1.165, 1.54) is 0 Å². The van der Waals surface area contributed by atoms with E-state index in [4.69, 9.17) is 21.1 Å². The lowest BCUT2D eigenvalue weighted by Gasteiger charge is -2.12. The molecule has 1 aliphatic heterocycles. The van der Waals surface area contributed by atoms with E-state index in [0.29, 0.717) is 48.3 Å². The zero-order chi connectivity index (χ0) is 16.2. The highest BCUT2D eigenvalue weighted by Gasteiger charge is 2.15. The number of fused-ring (bicyclic) bond motifs is 1. The Morgan fingerprint density at radius 2 is 2.09 bits per heavy atom. The molecule has 1 N–H and O–H groups in total. The molecule has 1 amide bonds. The molecule has 0 radical (unpaired) electrons. The SMILES string of the molecule is Cn1cc(CCC(=O)Nc2cc3c(cc2Cl)OCCCO3)cn1. The molecule has 0 spiro atoms. The molecule has 2 heterocycles. The fraction of sp³-hybridized carbons (Fsp3) is 0.375. The smallest absolute Gasteiger partial charge is 0.224 e. The summed E-state index contributed by atoms with van der Waals surface area (Å²) in [6.45, 7) is 1.18. The van der Waals surface area contributed by atoms with Crippen LogP contribution in [-0.2, 0) is 18.3 Å². The molecule has 1 aromatic carbocycles. The van der Waals surface area contributed by atoms with Gasteiger partial charge in [0.25, 0.3) is 0 Å². The first-order chi connectivity index (χ1) is 11.1. The van der Waals surface area contributed by atoms with Crippen LogP contribution in [0.1, 0.15) is 18.4 Å². The summed E-state index contributed by atoms with van der Waals surface area (Å²) < 4.78 is 12.9. The average molecular weight is 336 g/mol. The fourth-order valence-corrected chi connectivity index (χ4v) is 2.55. The van der Waals surface area contributed by atoms with Crippen LogP contribution in [0, 0.1) is 0 Å². The number of aromatic nitrogens is 2. The number of carbonyl (C=O) groups is 1. The highest BCUT2D eigenvalue weighted by molar-refractivity contribution is 6.34. The van der Waals surface area contributed by atoms with Gasteiger partial charge < -0.3 is 14.8 Å². The van der Waals surface area contributed by atoms with Crippen molar-refractivity contribution in [3.8, 4) is 11.5 Å². The Morgan fingerprint density at radius 1 is 1.35 bits per heavy atom. The normalized spacial score (nSPS) is 13.5. The number of carbonyl (C=O) groups excluding carboxylic acids is 1. The van der Waals surface area contributed by atoms with Gasteiger partial charge >= 0.3 is 0 Å². The lowest BCUT2D eigenvalue weighted by Crippen LogP contribution is -2.12. The molecule has 3 rings (SSSR count). The van der Waals surface area contributed by atoms with Gasteiger partial charge in [0.1, 0.15) is 0 Å². The lowest BCUT2D eigenvalue weighted by atomic mass is 10.2. The molecule has 23 heavy (non-hydrogen) atoms. The molecule has 0 atom stereocenters. The summed E-state index contributed by atoms with van der Waals surface area (Å²) in [5, 5.41) is 7.34. The molecular formula is C16H18ClN3O3. The maximum Gasteiger partial charge on any atom is 0.224 e. The molecule has 1 aromatic heterocycles. The highest BCUT2D eigenvalue weighted by atomic mass is 35.5. The number of halogens is 1. The van der Waals surface area contributed by atoms with Crippen LogP contribution >= 0.6 is 11.6 Å². The number of aryl methyl sites for hydroxylation is 2. The van der Waals surface area contributed by atoms with Gasteiger partial charge in [-0.25, -0.2) is 0 Å². The molecule has 2 aromatic rings. The number of benzene rings is 1. The van der Waals surface area contributed by atoms with E-state index < -0.39 is 0 Å². The van der Waals surface area contributed by atoms with E-state index in [0.717, 1.165) is 12.0 Å². The monoisotopic (exact) mass is 335 g/mol. The topological polar surface area (TPSA) is 65.4 Å². The van der Waals surface area contributed by atoms with E-state index >= 15 is 0 Å². The molecule has 0 saturated heterocycles. The molecule has 0 saturated carbocycles. The zero-order valence-corrected chi connectivity index (χ0v) is 13.6. The van der Waals surface area contributed by atoms with Crippen molar-refractivity contribution in [1.82, 2.24) is 9.78 Å². The summed E-state index contributed by atoms with van der Waals surface area (Å²) >= 11 is 6.22. The second kappa shape index (κ2) is 6.91. The minimum atomic E-state index is -0.106. The zero-order valence-electron chi connectivity index (χ0n) is 12.8. The van der Waals surface area contributed by atoms with Gasteiger partial charge in [0.15, 0.2) is 11.5 Å². The van der Waals surface area contributed by atoms with Crippen molar-refractivity contribution in [2.24, 2.45) is 7.05 Å². The number of amides is 1. The van der Waals surface area contributed by atoms with Crippen molar-refractivity contribution in [1.29, 1.82) is 0 Å². The molecule has 0 aliphatic carbocycles. The number of hydrogen-bond acceptors (Lipinski definition) is 4. The molecule has 0 bridgehead atoms. The van der Waals surface area contributed by atoms with Crippen molar-refractivity contribution in [3.63, 3.8) is 0 Å². The van der Waals surface area contributed by atoms with Gasteiger partial charge in [-0.2, -0.15) is 5.10 Å². The molecule has 7 heteroatoms. The number of ether oxygens (including phenoxy) is 2. The predicted molar refractivity (Wildman–Crippen MR) is 87.2 cm³/mol. The highest BCUT2D eigenvalue weighted by Crippen LogP contribution is 2.37. The minimum Gasteiger partial charge on any atom is -0.490 e. The Labute approximate surface area is 139 Å². The van der Waals surface area contributed by atoms with E-state index in [-0.39, 0.29) is 5.91 Å². The van der Waals surface area contributed by atoms with Gasteiger partial charge in [0.2, 0.25) is 5.91 Å². The first-order valence-corrected chi connectivity index (χ1v) is 7.86. The fourth-order valence-electron chi connectivity index (χ4n) is 2.35. The van der Waals surface area contributed by atoms with Gasteiger partial charge in [-0.1, -0.05) is 11.6 Å². The summed E-state index contributed by atoms with van der Waals surface area (Å²) in [4.78, 5) is 12.1. The van der Waals surface area contributed by atoms with Crippen LogP contribution in [0.3, 0.4) is 0 Å². The number of nitrogens with one attached hydrogen (secondary N) is 1. The molecule has 122 valence electrons. The van der Waals surface area contributed by atoms with Crippen LogP contribution in [-0.4, -0.2) is 28.9 Å². The Balaban J connectivity index is 1.64. The van der Waals surface area contributed by atoms with Crippen molar-refractivity contribution in [2.45, 2.75) is 19.3 Å². The molecule has 6 nitrogen and oxygen atoms in total. The van der Waals surface area contributed by atoms with E-state index in [1.54, 1.807) is 23.0 Å². The third-order valence-electron chi connectivity index (χ3n) is 3.51. The van der Waals surface area contributed by atoms with Gasteiger partial charge in [0, 0.05) is 38.2 Å². The Kier molecular flexibility index (Phi) is 4.71. The third-order valence-corrected chi connectivity index (χ3v) is 3.82. The predicted octanol–water partition coefficient (Wildman–Crippen LogP) is 2.81. The standard InChI is InChI=1S/C16H18ClN3O3/c1-20-10-11(9-18-20)3-4-16(21)19-13-8-15-14(7-12(13)17)22-5-2-6-23-15/h7-10H,2-6H2,1H3,(H,19,21). The summed E-state index contributed by atoms with van der Waals surface area (Å²) in [6, 6.07) is 3.39. The van der Waals surface area contributed by atoms with E-state index in [2.05, 4.69) is 10.4 Å². The van der Waals surface area contributed by atoms with Crippen LogP contribution in [0.2, 0.25) is 5.02 Å². The number of anilines is 1. The van der Waals surface area contributed by atoms with Crippen LogP contribution in [0.4, 0.5) is 5.69 Å². The number of nitrogens with zero attached hydrogens (tertiary/aromatic N) is 2. The summed E-state index contributed by atoms with van der Waals surface area (Å²) in [5.41, 5.74) is 1.56. The quantitative estimate of drug-likeness (QED) is 0.933. The minimum absolute atomic E-state index is 0.106. The van der Waals surface area contributed by atoms with Crippen molar-refractivity contribution < 1.29 is 14.3 Å². The van der Waals surface area contributed by atoms with Gasteiger partial charge in [0.05, 0.1) is 30.1 Å². The number of hydrogen-bond donors (Lipinski definition) is 1. The summed E-state index contributed by atoms with van der Waals surface area (Å²) in [6.07, 6.45) is 5.46. The van der Waals surface area contributed by atoms with Gasteiger partial charge in [-0.3, -0.25) is 9.48 Å². The molecular weight excluding hydrogens is 318 g/mol. The Morgan fingerprint density at radius 3 is 2.78 bits per heavy atom. The average Bonchev–Trinajstić information content (AvgIpc) is 2.80. The summed E-state index contributed by atoms with van der Waals surface area (Å²) in [7, 11) is 1.85. The van der Waals surface area contributed by atoms with Crippen molar-refractivity contribution in [2.75, 3.05) is 18.5 Å². The van der Waals surface area contributed by atoms with Crippen LogP contribution < -0.4 is 14.8 Å². The van der Waals surface area contributed by atoms with E-state index in [9.17, 15) is 4.79 Å². The third kappa shape index (κ3) is 3.96. The maximum atomic E-state index is 12.1. The lowest BCUT2D eigenvalue weighted by molar-refractivity contribution is -0.116. The van der Waals surface area contributed by atoms with Gasteiger partial charge in [-0.05, 0) is 12.0 Å². The molecule has 0 fully saturated rings. The van der Waals surface area contributed by atoms with Crippen LogP contribution in [0.25, 0.3) is 0 Å². The Bertz CT molecular complexity index is 715. The molecule has 1 aliphatic rings. The first kappa shape index (κ1) is 15.7. The Hall–Kier alpha value is -2.21.